The Morgan fingerprint density at radius 3 is 2.25 bits per heavy atom. The van der Waals surface area contributed by atoms with Crippen molar-refractivity contribution in [3.63, 3.8) is 0 Å². The molecule has 2 nitrogen and oxygen atoms in total. The number of epoxide rings is 1. The van der Waals surface area contributed by atoms with E-state index in [0.29, 0.717) is 0 Å². The average molecular weight is 290 g/mol. The molecule has 3 atom stereocenters. The lowest BCUT2D eigenvalue weighted by Gasteiger charge is -2.44. The molecule has 20 heavy (non-hydrogen) atoms. The lowest BCUT2D eigenvalue weighted by molar-refractivity contribution is 0.109. The van der Waals surface area contributed by atoms with Crippen LogP contribution in [0.4, 0.5) is 0 Å². The zero-order valence-electron chi connectivity index (χ0n) is 13.2. The van der Waals surface area contributed by atoms with Crippen LogP contribution in [-0.2, 0) is 4.74 Å². The lowest BCUT2D eigenvalue weighted by atomic mass is 10.0. The average Bonchev–Trinajstić information content (AvgIpc) is 3.14. The number of benzene rings is 1. The van der Waals surface area contributed by atoms with E-state index in [2.05, 4.69) is 40.4 Å². The van der Waals surface area contributed by atoms with Crippen LogP contribution in [0.15, 0.2) is 43.0 Å². The van der Waals surface area contributed by atoms with Crippen LogP contribution in [0.2, 0.25) is 18.1 Å². The Kier molecular flexibility index (Phi) is 3.74. The molecule has 1 aliphatic rings. The Bertz CT molecular complexity index is 489. The molecule has 1 saturated heterocycles. The minimum absolute atomic E-state index is 0.0430. The molecule has 1 aromatic carbocycles. The molecule has 0 aliphatic carbocycles. The van der Waals surface area contributed by atoms with Crippen LogP contribution in [0.5, 0.6) is 0 Å². The van der Waals surface area contributed by atoms with E-state index >= 15 is 0 Å². The molecule has 0 aromatic heterocycles. The first-order chi connectivity index (χ1) is 9.18. The van der Waals surface area contributed by atoms with Crippen LogP contribution >= 0.6 is 0 Å². The molecule has 1 aromatic rings. The summed E-state index contributed by atoms with van der Waals surface area (Å²) >= 11 is 0. The Labute approximate surface area is 123 Å². The normalized spacial score (nSPS) is 28.0. The van der Waals surface area contributed by atoms with Crippen molar-refractivity contribution < 1.29 is 9.84 Å². The smallest absolute Gasteiger partial charge is 0.118 e. The summed E-state index contributed by atoms with van der Waals surface area (Å²) in [4.78, 5) is 0. The van der Waals surface area contributed by atoms with Gasteiger partial charge in [0, 0.05) is 0 Å². The van der Waals surface area contributed by atoms with Gasteiger partial charge in [-0.15, -0.1) is 6.58 Å². The number of aliphatic hydroxyl groups excluding tert-OH is 1. The van der Waals surface area contributed by atoms with Gasteiger partial charge in [0.1, 0.15) is 17.4 Å². The Hall–Kier alpha value is -0.903. The summed E-state index contributed by atoms with van der Waals surface area (Å²) in [7, 11) is -1.89. The summed E-state index contributed by atoms with van der Waals surface area (Å²) in [6.07, 6.45) is 1.21. The van der Waals surface area contributed by atoms with Crippen LogP contribution < -0.4 is 0 Å². The van der Waals surface area contributed by atoms with Gasteiger partial charge >= 0.3 is 0 Å². The highest BCUT2D eigenvalue weighted by atomic mass is 28.3. The van der Waals surface area contributed by atoms with E-state index in [9.17, 15) is 5.11 Å². The van der Waals surface area contributed by atoms with Crippen LogP contribution in [0.3, 0.4) is 0 Å². The molecule has 0 amide bonds. The molecule has 2 rings (SSSR count). The maximum Gasteiger partial charge on any atom is 0.118 e. The van der Waals surface area contributed by atoms with Gasteiger partial charge < -0.3 is 9.84 Å². The first-order valence-electron chi connectivity index (χ1n) is 7.22. The first-order valence-corrected chi connectivity index (χ1v) is 10.2. The lowest BCUT2D eigenvalue weighted by Crippen LogP contribution is -2.56. The zero-order valence-corrected chi connectivity index (χ0v) is 14.2. The van der Waals surface area contributed by atoms with Crippen molar-refractivity contribution in [2.45, 2.75) is 56.3 Å². The molecule has 3 heteroatoms. The highest BCUT2D eigenvalue weighted by Crippen LogP contribution is 2.59. The minimum Gasteiger partial charge on any atom is -0.386 e. The fourth-order valence-electron chi connectivity index (χ4n) is 2.93. The highest BCUT2D eigenvalue weighted by molar-refractivity contribution is 6.83. The SMILES string of the molecule is C=C[C@H]1O[C@@]1([C@H](O)c1ccccc1)[Si](C)(C)C(C)(C)C. The molecule has 1 heterocycles. The van der Waals surface area contributed by atoms with E-state index in [1.807, 2.05) is 36.4 Å². The Morgan fingerprint density at radius 2 is 1.85 bits per heavy atom. The van der Waals surface area contributed by atoms with Gasteiger partial charge in [-0.25, -0.2) is 0 Å². The Morgan fingerprint density at radius 1 is 1.30 bits per heavy atom. The van der Waals surface area contributed by atoms with E-state index < -0.39 is 19.4 Å². The van der Waals surface area contributed by atoms with Crippen LogP contribution in [0.25, 0.3) is 0 Å². The second-order valence-electron chi connectivity index (χ2n) is 7.26. The van der Waals surface area contributed by atoms with Gasteiger partial charge in [-0.3, -0.25) is 0 Å². The second kappa shape index (κ2) is 4.83. The number of hydrogen-bond donors (Lipinski definition) is 1. The zero-order chi connectivity index (χ0) is 15.2. The quantitative estimate of drug-likeness (QED) is 0.514. The highest BCUT2D eigenvalue weighted by Gasteiger charge is 2.71. The molecule has 1 N–H and O–H groups in total. The van der Waals surface area contributed by atoms with Gasteiger partial charge in [0.2, 0.25) is 0 Å². The molecular weight excluding hydrogens is 264 g/mol. The van der Waals surface area contributed by atoms with E-state index in [4.69, 9.17) is 4.74 Å². The Balaban J connectivity index is 2.45. The third-order valence-corrected chi connectivity index (χ3v) is 11.7. The summed E-state index contributed by atoms with van der Waals surface area (Å²) in [5, 5.41) is 10.6. The molecule has 0 radical (unpaired) electrons. The molecule has 1 fully saturated rings. The van der Waals surface area contributed by atoms with Crippen molar-refractivity contribution in [2.24, 2.45) is 0 Å². The molecular formula is C17H26O2Si. The second-order valence-corrected chi connectivity index (χ2v) is 12.8. The molecule has 1 aliphatic heterocycles. The summed E-state index contributed by atoms with van der Waals surface area (Å²) < 4.78 is 6.05. The standard InChI is InChI=1S/C17H26O2Si/c1-7-14-17(19-14,20(5,6)16(2,3)4)15(18)13-11-9-8-10-12-13/h7-12,14-15,18H,1H2,2-6H3/t14-,15-,17-/m1/s1. The van der Waals surface area contributed by atoms with Crippen molar-refractivity contribution in [3.05, 3.63) is 48.6 Å². The van der Waals surface area contributed by atoms with E-state index in [1.54, 1.807) is 0 Å². The third-order valence-electron chi connectivity index (χ3n) is 5.27. The number of aliphatic hydroxyl groups is 1. The maximum absolute atomic E-state index is 11.0. The molecule has 0 saturated carbocycles. The van der Waals surface area contributed by atoms with E-state index in [1.165, 1.54) is 0 Å². The van der Waals surface area contributed by atoms with Crippen LogP contribution in [0, 0.1) is 0 Å². The third kappa shape index (κ3) is 2.08. The van der Waals surface area contributed by atoms with Crippen molar-refractivity contribution in [3.8, 4) is 0 Å². The number of hydrogen-bond acceptors (Lipinski definition) is 2. The summed E-state index contributed by atoms with van der Waals surface area (Å²) in [5.74, 6) is 0. The number of ether oxygens (including phenoxy) is 1. The fourth-order valence-corrected chi connectivity index (χ4v) is 6.21. The van der Waals surface area contributed by atoms with Crippen molar-refractivity contribution in [1.82, 2.24) is 0 Å². The predicted octanol–water partition coefficient (Wildman–Crippen LogP) is 4.09. The largest absolute Gasteiger partial charge is 0.386 e. The summed E-state index contributed by atoms with van der Waals surface area (Å²) in [6, 6.07) is 9.84. The van der Waals surface area contributed by atoms with E-state index in [0.717, 1.165) is 5.56 Å². The van der Waals surface area contributed by atoms with Gasteiger partial charge in [0.25, 0.3) is 0 Å². The molecule has 110 valence electrons. The van der Waals surface area contributed by atoms with Crippen LogP contribution in [0.1, 0.15) is 32.4 Å². The van der Waals surface area contributed by atoms with Crippen molar-refractivity contribution >= 4 is 8.07 Å². The van der Waals surface area contributed by atoms with E-state index in [-0.39, 0.29) is 11.1 Å². The molecule has 0 bridgehead atoms. The maximum atomic E-state index is 11.0. The summed E-state index contributed by atoms with van der Waals surface area (Å²) in [6.45, 7) is 15.2. The van der Waals surface area contributed by atoms with Gasteiger partial charge in [0.15, 0.2) is 0 Å². The van der Waals surface area contributed by atoms with Gasteiger partial charge in [0.05, 0.1) is 8.07 Å². The van der Waals surface area contributed by atoms with Gasteiger partial charge in [-0.05, 0) is 10.6 Å². The van der Waals surface area contributed by atoms with Crippen molar-refractivity contribution in [1.29, 1.82) is 0 Å². The first kappa shape index (κ1) is 15.5. The van der Waals surface area contributed by atoms with Gasteiger partial charge in [-0.1, -0.05) is 70.3 Å². The topological polar surface area (TPSA) is 32.8 Å². The van der Waals surface area contributed by atoms with Crippen molar-refractivity contribution in [2.75, 3.05) is 0 Å². The predicted molar refractivity (Wildman–Crippen MR) is 86.4 cm³/mol. The number of rotatable bonds is 4. The monoisotopic (exact) mass is 290 g/mol. The van der Waals surface area contributed by atoms with Crippen LogP contribution in [-0.4, -0.2) is 24.5 Å². The fraction of sp³-hybridized carbons (Fsp3) is 0.529. The minimum atomic E-state index is -1.89. The molecule has 0 unspecified atom stereocenters. The molecule has 0 spiro atoms. The van der Waals surface area contributed by atoms with Gasteiger partial charge in [-0.2, -0.15) is 0 Å². The summed E-state index contributed by atoms with van der Waals surface area (Å²) in [5.41, 5.74) is 0.932.